The first-order valence-corrected chi connectivity index (χ1v) is 11.3. The van der Waals surface area contributed by atoms with Crippen molar-refractivity contribution in [1.29, 1.82) is 0 Å². The van der Waals surface area contributed by atoms with Crippen molar-refractivity contribution in [2.45, 2.75) is 49.6 Å². The fourth-order valence-corrected chi connectivity index (χ4v) is 5.07. The molecule has 0 bridgehead atoms. The molecule has 9 heteroatoms. The van der Waals surface area contributed by atoms with Crippen LogP contribution in [0.25, 0.3) is 0 Å². The lowest BCUT2D eigenvalue weighted by molar-refractivity contribution is -0.129. The second-order valence-electron chi connectivity index (χ2n) is 7.69. The minimum Gasteiger partial charge on any atom is -0.353 e. The molecule has 1 saturated heterocycles. The van der Waals surface area contributed by atoms with Crippen LogP contribution in [0.15, 0.2) is 41.6 Å². The van der Waals surface area contributed by atoms with E-state index in [1.54, 1.807) is 12.1 Å². The average Bonchev–Trinajstić information content (AvgIpc) is 2.88. The molecule has 2 atom stereocenters. The van der Waals surface area contributed by atoms with E-state index in [4.69, 9.17) is 0 Å². The normalized spacial score (nSPS) is 23.4. The highest BCUT2D eigenvalue weighted by atomic mass is 32.2. The monoisotopic (exact) mass is 420 g/mol. The lowest BCUT2D eigenvalue weighted by Gasteiger charge is -2.31. The first-order chi connectivity index (χ1) is 13.8. The summed E-state index contributed by atoms with van der Waals surface area (Å²) in [6.45, 7) is 3.75. The van der Waals surface area contributed by atoms with E-state index in [-0.39, 0.29) is 23.3 Å². The van der Waals surface area contributed by atoms with Crippen molar-refractivity contribution in [2.24, 2.45) is 0 Å². The van der Waals surface area contributed by atoms with Crippen LogP contribution in [0.5, 0.6) is 0 Å². The van der Waals surface area contributed by atoms with Crippen LogP contribution in [0.1, 0.15) is 31.2 Å². The van der Waals surface area contributed by atoms with E-state index >= 15 is 0 Å². The molecular weight excluding hydrogens is 392 g/mol. The van der Waals surface area contributed by atoms with Crippen molar-refractivity contribution in [2.75, 3.05) is 20.1 Å². The summed E-state index contributed by atoms with van der Waals surface area (Å²) in [5, 5.41) is 5.48. The van der Waals surface area contributed by atoms with Crippen LogP contribution in [-0.2, 0) is 19.6 Å². The maximum absolute atomic E-state index is 13.1. The van der Waals surface area contributed by atoms with E-state index in [9.17, 15) is 18.0 Å². The Kier molecular flexibility index (Phi) is 6.59. The number of nitrogens with zero attached hydrogens (tertiary/aromatic N) is 2. The Bertz CT molecular complexity index is 882. The highest BCUT2D eigenvalue weighted by molar-refractivity contribution is 7.89. The molecule has 1 aromatic carbocycles. The van der Waals surface area contributed by atoms with Crippen molar-refractivity contribution in [3.63, 3.8) is 0 Å². The van der Waals surface area contributed by atoms with Crippen molar-refractivity contribution < 1.29 is 18.0 Å². The Morgan fingerprint density at radius 1 is 1.21 bits per heavy atom. The van der Waals surface area contributed by atoms with Gasteiger partial charge in [0.15, 0.2) is 0 Å². The molecule has 1 fully saturated rings. The lowest BCUT2D eigenvalue weighted by Crippen LogP contribution is -2.51. The smallest absolute Gasteiger partial charge is 0.264 e. The number of hydrogen-bond donors (Lipinski definition) is 2. The maximum Gasteiger partial charge on any atom is 0.264 e. The molecule has 8 nitrogen and oxygen atoms in total. The Morgan fingerprint density at radius 2 is 1.93 bits per heavy atom. The quantitative estimate of drug-likeness (QED) is 0.739. The second kappa shape index (κ2) is 8.96. The molecule has 2 heterocycles. The van der Waals surface area contributed by atoms with Gasteiger partial charge in [-0.05, 0) is 58.5 Å². The number of hydrogen-bond acceptors (Lipinski definition) is 5. The summed E-state index contributed by atoms with van der Waals surface area (Å²) >= 11 is 0. The van der Waals surface area contributed by atoms with E-state index in [2.05, 4.69) is 22.6 Å². The molecule has 0 aliphatic carbocycles. The summed E-state index contributed by atoms with van der Waals surface area (Å²) < 4.78 is 27.1. The molecule has 0 saturated carbocycles. The number of nitrogens with one attached hydrogen (secondary N) is 2. The molecule has 0 spiro atoms. The van der Waals surface area contributed by atoms with Gasteiger partial charge in [-0.1, -0.05) is 17.7 Å². The van der Waals surface area contributed by atoms with Crippen LogP contribution in [0.4, 0.5) is 0 Å². The van der Waals surface area contributed by atoms with Gasteiger partial charge in [-0.15, -0.1) is 0 Å². The number of carbonyl (C=O) groups excluding carboxylic acids is 2. The minimum absolute atomic E-state index is 0.0387. The minimum atomic E-state index is -3.95. The number of likely N-dealkylation sites (tertiary alicyclic amines) is 1. The number of aryl methyl sites for hydroxylation is 1. The van der Waals surface area contributed by atoms with Gasteiger partial charge in [0.05, 0.1) is 11.3 Å². The predicted octanol–water partition coefficient (Wildman–Crippen LogP) is 0.946. The highest BCUT2D eigenvalue weighted by Gasteiger charge is 2.37. The Balaban J connectivity index is 1.73. The molecule has 0 unspecified atom stereocenters. The third-order valence-corrected chi connectivity index (χ3v) is 7.15. The summed E-state index contributed by atoms with van der Waals surface area (Å²) in [6.07, 6.45) is 5.05. The van der Waals surface area contributed by atoms with Crippen LogP contribution in [0.3, 0.4) is 0 Å². The van der Waals surface area contributed by atoms with Crippen molar-refractivity contribution in [3.8, 4) is 0 Å². The molecule has 3 rings (SSSR count). The molecule has 2 N–H and O–H groups in total. The van der Waals surface area contributed by atoms with Gasteiger partial charge in [0.2, 0.25) is 11.8 Å². The topological polar surface area (TPSA) is 98.8 Å². The lowest BCUT2D eigenvalue weighted by atomic mass is 10.1. The number of rotatable bonds is 5. The summed E-state index contributed by atoms with van der Waals surface area (Å²) in [4.78, 5) is 27.3. The van der Waals surface area contributed by atoms with E-state index in [1.807, 2.05) is 6.92 Å². The summed E-state index contributed by atoms with van der Waals surface area (Å²) in [7, 11) is -1.90. The summed E-state index contributed by atoms with van der Waals surface area (Å²) in [5.41, 5.74) is 0.931. The van der Waals surface area contributed by atoms with Crippen LogP contribution in [0.2, 0.25) is 0 Å². The average molecular weight is 421 g/mol. The first-order valence-electron chi connectivity index (χ1n) is 9.82. The third-order valence-electron chi connectivity index (χ3n) is 5.35. The van der Waals surface area contributed by atoms with Gasteiger partial charge < -0.3 is 15.5 Å². The van der Waals surface area contributed by atoms with E-state index in [0.717, 1.165) is 42.2 Å². The van der Waals surface area contributed by atoms with Crippen molar-refractivity contribution in [3.05, 3.63) is 42.2 Å². The first kappa shape index (κ1) is 21.3. The number of benzene rings is 1. The Morgan fingerprint density at radius 3 is 2.66 bits per heavy atom. The second-order valence-corrected chi connectivity index (χ2v) is 9.53. The molecule has 2 aliphatic heterocycles. The van der Waals surface area contributed by atoms with Gasteiger partial charge in [0.1, 0.15) is 6.04 Å². The van der Waals surface area contributed by atoms with Gasteiger partial charge in [0.25, 0.3) is 10.0 Å². The predicted molar refractivity (Wildman–Crippen MR) is 109 cm³/mol. The summed E-state index contributed by atoms with van der Waals surface area (Å²) in [6, 6.07) is 5.32. The highest BCUT2D eigenvalue weighted by Crippen LogP contribution is 2.23. The zero-order valence-corrected chi connectivity index (χ0v) is 17.6. The molecule has 2 amide bonds. The van der Waals surface area contributed by atoms with Gasteiger partial charge in [-0.25, -0.2) is 8.42 Å². The third kappa shape index (κ3) is 5.16. The molecule has 29 heavy (non-hydrogen) atoms. The molecule has 1 aromatic rings. The van der Waals surface area contributed by atoms with Crippen molar-refractivity contribution in [1.82, 2.24) is 19.8 Å². The largest absolute Gasteiger partial charge is 0.353 e. The van der Waals surface area contributed by atoms with E-state index < -0.39 is 22.0 Å². The number of sulfonamides is 1. The molecule has 0 radical (unpaired) electrons. The Labute approximate surface area is 172 Å². The zero-order chi connectivity index (χ0) is 21.0. The van der Waals surface area contributed by atoms with E-state index in [0.29, 0.717) is 0 Å². The van der Waals surface area contributed by atoms with Crippen LogP contribution in [-0.4, -0.2) is 61.7 Å². The SMILES string of the molecule is Cc1ccc(S(=O)(=O)N2C=CNC(=O)[C@H]2CC(=O)N[C@@H]2CCCN(C)CC2)cc1. The molecule has 2 aliphatic rings. The van der Waals surface area contributed by atoms with Gasteiger partial charge in [-0.2, -0.15) is 0 Å². The molecule has 0 aromatic heterocycles. The maximum atomic E-state index is 13.1. The molecule has 158 valence electrons. The van der Waals surface area contributed by atoms with Gasteiger partial charge in [-0.3, -0.25) is 13.9 Å². The molecular formula is C20H28N4O4S. The van der Waals surface area contributed by atoms with Gasteiger partial charge >= 0.3 is 0 Å². The zero-order valence-electron chi connectivity index (χ0n) is 16.8. The van der Waals surface area contributed by atoms with E-state index in [1.165, 1.54) is 24.5 Å². The summed E-state index contributed by atoms with van der Waals surface area (Å²) in [5.74, 6) is -0.835. The van der Waals surface area contributed by atoms with Crippen LogP contribution in [0, 0.1) is 6.92 Å². The van der Waals surface area contributed by atoms with Gasteiger partial charge in [0, 0.05) is 18.4 Å². The fraction of sp³-hybridized carbons (Fsp3) is 0.500. The standard InChI is InChI=1S/C20H28N4O4S/c1-15-5-7-17(8-6-15)29(27,28)24-13-10-21-20(26)18(24)14-19(25)22-16-4-3-11-23(2)12-9-16/h5-8,10,13,16,18H,3-4,9,11-12,14H2,1-2H3,(H,21,26)(H,22,25)/t16-,18-/m1/s1. The Hall–Kier alpha value is -2.39. The fourth-order valence-electron chi connectivity index (χ4n) is 3.62. The number of amides is 2. The number of carbonyl (C=O) groups is 2. The van der Waals surface area contributed by atoms with Crippen molar-refractivity contribution >= 4 is 21.8 Å². The van der Waals surface area contributed by atoms with Crippen LogP contribution < -0.4 is 10.6 Å². The van der Waals surface area contributed by atoms with Crippen LogP contribution >= 0.6 is 0 Å².